The van der Waals surface area contributed by atoms with Gasteiger partial charge in [0.25, 0.3) is 0 Å². The maximum Gasteiger partial charge on any atom is 0.344 e. The molecule has 3 rings (SSSR count). The van der Waals surface area contributed by atoms with Crippen LogP contribution in [0.3, 0.4) is 0 Å². The molecule has 100 valence electrons. The van der Waals surface area contributed by atoms with Gasteiger partial charge in [-0.2, -0.15) is 0 Å². The lowest BCUT2D eigenvalue weighted by molar-refractivity contribution is 0.563. The van der Waals surface area contributed by atoms with E-state index in [9.17, 15) is 4.79 Å². The van der Waals surface area contributed by atoms with Crippen molar-refractivity contribution in [3.05, 3.63) is 62.9 Å². The van der Waals surface area contributed by atoms with Crippen molar-refractivity contribution in [1.82, 2.24) is 0 Å². The molecule has 0 aliphatic heterocycles. The van der Waals surface area contributed by atoms with E-state index >= 15 is 0 Å². The normalized spacial score (nSPS) is 10.9. The molecule has 0 spiro atoms. The molecule has 0 unspecified atom stereocenters. The first-order valence-corrected chi connectivity index (χ1v) is 6.59. The number of benzene rings is 2. The van der Waals surface area contributed by atoms with Crippen molar-refractivity contribution in [2.24, 2.45) is 0 Å². The van der Waals surface area contributed by atoms with Crippen LogP contribution in [0, 0.1) is 0 Å². The predicted molar refractivity (Wildman–Crippen MR) is 82.4 cm³/mol. The van der Waals surface area contributed by atoms with Gasteiger partial charge in [0, 0.05) is 17.1 Å². The fraction of sp³-hybridized carbons (Fsp3) is 0. The molecule has 0 fully saturated rings. The molecule has 0 aliphatic carbocycles. The van der Waals surface area contributed by atoms with Gasteiger partial charge >= 0.3 is 5.63 Å². The summed E-state index contributed by atoms with van der Waals surface area (Å²) >= 11 is 11.8. The van der Waals surface area contributed by atoms with Crippen LogP contribution in [-0.4, -0.2) is 0 Å². The van der Waals surface area contributed by atoms with Crippen molar-refractivity contribution in [3.8, 4) is 11.1 Å². The SMILES string of the molecule is Nc1ccc2cc(-c3ccc(Cl)c(Cl)c3)c(=O)oc2c1. The molecule has 0 amide bonds. The van der Waals surface area contributed by atoms with E-state index in [1.807, 2.05) is 0 Å². The molecule has 0 saturated heterocycles. The molecular weight excluding hydrogens is 297 g/mol. The fourth-order valence-electron chi connectivity index (χ4n) is 1.99. The zero-order valence-electron chi connectivity index (χ0n) is 10.2. The van der Waals surface area contributed by atoms with E-state index in [0.29, 0.717) is 32.4 Å². The summed E-state index contributed by atoms with van der Waals surface area (Å²) in [6, 6.07) is 11.9. The van der Waals surface area contributed by atoms with Gasteiger partial charge in [-0.3, -0.25) is 0 Å². The second-order valence-corrected chi connectivity index (χ2v) is 5.19. The van der Waals surface area contributed by atoms with Crippen molar-refractivity contribution < 1.29 is 4.42 Å². The summed E-state index contributed by atoms with van der Waals surface area (Å²) < 4.78 is 5.29. The topological polar surface area (TPSA) is 56.2 Å². The van der Waals surface area contributed by atoms with Crippen LogP contribution in [0.1, 0.15) is 0 Å². The van der Waals surface area contributed by atoms with E-state index in [-0.39, 0.29) is 0 Å². The fourth-order valence-corrected chi connectivity index (χ4v) is 2.29. The molecular formula is C15H9Cl2NO2. The summed E-state index contributed by atoms with van der Waals surface area (Å²) in [5.74, 6) is 0. The number of hydrogen-bond donors (Lipinski definition) is 1. The number of nitrogens with two attached hydrogens (primary N) is 1. The molecule has 0 radical (unpaired) electrons. The molecule has 0 bridgehead atoms. The molecule has 0 atom stereocenters. The van der Waals surface area contributed by atoms with Crippen LogP contribution in [0.25, 0.3) is 22.1 Å². The van der Waals surface area contributed by atoms with E-state index in [1.54, 1.807) is 42.5 Å². The Labute approximate surface area is 124 Å². The number of halogens is 2. The van der Waals surface area contributed by atoms with E-state index in [4.69, 9.17) is 33.4 Å². The van der Waals surface area contributed by atoms with Gasteiger partial charge in [0.15, 0.2) is 0 Å². The summed E-state index contributed by atoms with van der Waals surface area (Å²) in [6.45, 7) is 0. The second-order valence-electron chi connectivity index (χ2n) is 4.37. The number of anilines is 1. The molecule has 0 saturated carbocycles. The lowest BCUT2D eigenvalue weighted by Gasteiger charge is -2.04. The highest BCUT2D eigenvalue weighted by Crippen LogP contribution is 2.28. The number of fused-ring (bicyclic) bond motifs is 1. The molecule has 3 aromatic rings. The largest absolute Gasteiger partial charge is 0.422 e. The average molecular weight is 306 g/mol. The monoisotopic (exact) mass is 305 g/mol. The highest BCUT2D eigenvalue weighted by molar-refractivity contribution is 6.42. The zero-order chi connectivity index (χ0) is 14.3. The molecule has 1 heterocycles. The molecule has 0 aliphatic rings. The van der Waals surface area contributed by atoms with Crippen LogP contribution in [0.15, 0.2) is 51.7 Å². The minimum Gasteiger partial charge on any atom is -0.422 e. The number of rotatable bonds is 1. The molecule has 20 heavy (non-hydrogen) atoms. The smallest absolute Gasteiger partial charge is 0.344 e. The second kappa shape index (κ2) is 4.85. The summed E-state index contributed by atoms with van der Waals surface area (Å²) in [4.78, 5) is 12.1. The molecule has 1 aromatic heterocycles. The van der Waals surface area contributed by atoms with Gasteiger partial charge in [0.2, 0.25) is 0 Å². The maximum atomic E-state index is 12.1. The van der Waals surface area contributed by atoms with E-state index in [1.165, 1.54) is 0 Å². The molecule has 2 N–H and O–H groups in total. The Bertz CT molecular complexity index is 871. The Morgan fingerprint density at radius 3 is 2.50 bits per heavy atom. The molecule has 2 aromatic carbocycles. The number of hydrogen-bond acceptors (Lipinski definition) is 3. The van der Waals surface area contributed by atoms with Gasteiger partial charge in [-0.05, 0) is 35.9 Å². The van der Waals surface area contributed by atoms with Gasteiger partial charge in [0.1, 0.15) is 5.58 Å². The van der Waals surface area contributed by atoms with Crippen LogP contribution in [0.2, 0.25) is 10.0 Å². The summed E-state index contributed by atoms with van der Waals surface area (Å²) in [6.07, 6.45) is 0. The summed E-state index contributed by atoms with van der Waals surface area (Å²) in [7, 11) is 0. The Morgan fingerprint density at radius 1 is 0.950 bits per heavy atom. The van der Waals surface area contributed by atoms with Crippen LogP contribution in [0.4, 0.5) is 5.69 Å². The lowest BCUT2D eigenvalue weighted by Crippen LogP contribution is -2.02. The van der Waals surface area contributed by atoms with Gasteiger partial charge in [-0.25, -0.2) is 4.79 Å². The first-order chi connectivity index (χ1) is 9.54. The standard InChI is InChI=1S/C15H9Cl2NO2/c16-12-4-2-8(6-13(12)17)11-5-9-1-3-10(18)7-14(9)20-15(11)19/h1-7H,18H2. The van der Waals surface area contributed by atoms with Crippen molar-refractivity contribution in [2.75, 3.05) is 5.73 Å². The lowest BCUT2D eigenvalue weighted by atomic mass is 10.1. The van der Waals surface area contributed by atoms with Gasteiger partial charge in [-0.1, -0.05) is 29.3 Å². The van der Waals surface area contributed by atoms with E-state index < -0.39 is 5.63 Å². The predicted octanol–water partition coefficient (Wildman–Crippen LogP) is 4.35. The quantitative estimate of drug-likeness (QED) is 0.537. The van der Waals surface area contributed by atoms with Crippen LogP contribution in [0.5, 0.6) is 0 Å². The Hall–Kier alpha value is -1.97. The summed E-state index contributed by atoms with van der Waals surface area (Å²) in [5, 5.41) is 1.62. The third kappa shape index (κ3) is 2.26. The Balaban J connectivity index is 2.25. The highest BCUT2D eigenvalue weighted by Gasteiger charge is 2.09. The van der Waals surface area contributed by atoms with Gasteiger partial charge in [0.05, 0.1) is 15.6 Å². The zero-order valence-corrected chi connectivity index (χ0v) is 11.7. The first kappa shape index (κ1) is 13.0. The van der Waals surface area contributed by atoms with Crippen LogP contribution >= 0.6 is 23.2 Å². The van der Waals surface area contributed by atoms with Crippen molar-refractivity contribution in [2.45, 2.75) is 0 Å². The summed E-state index contributed by atoms with van der Waals surface area (Å²) in [5.41, 5.74) is 7.31. The third-order valence-corrected chi connectivity index (χ3v) is 3.73. The van der Waals surface area contributed by atoms with E-state index in [2.05, 4.69) is 0 Å². The molecule has 3 nitrogen and oxygen atoms in total. The third-order valence-electron chi connectivity index (χ3n) is 2.99. The Morgan fingerprint density at radius 2 is 1.75 bits per heavy atom. The van der Waals surface area contributed by atoms with Crippen LogP contribution in [-0.2, 0) is 0 Å². The Kier molecular flexibility index (Phi) is 3.16. The minimum atomic E-state index is -0.443. The van der Waals surface area contributed by atoms with Crippen molar-refractivity contribution >= 4 is 39.9 Å². The van der Waals surface area contributed by atoms with E-state index in [0.717, 1.165) is 5.39 Å². The van der Waals surface area contributed by atoms with Crippen molar-refractivity contribution in [3.63, 3.8) is 0 Å². The number of nitrogen functional groups attached to an aromatic ring is 1. The maximum absolute atomic E-state index is 12.1. The molecule has 5 heteroatoms. The highest BCUT2D eigenvalue weighted by atomic mass is 35.5. The van der Waals surface area contributed by atoms with Gasteiger partial charge in [-0.15, -0.1) is 0 Å². The van der Waals surface area contributed by atoms with Crippen molar-refractivity contribution in [1.29, 1.82) is 0 Å². The minimum absolute atomic E-state index is 0.390. The average Bonchev–Trinajstić information content (AvgIpc) is 2.41. The van der Waals surface area contributed by atoms with Gasteiger partial charge < -0.3 is 10.2 Å². The first-order valence-electron chi connectivity index (χ1n) is 5.83. The van der Waals surface area contributed by atoms with Crippen LogP contribution < -0.4 is 11.4 Å².